The maximum Gasteiger partial charge on any atom is 0.329 e. The van der Waals surface area contributed by atoms with Crippen LogP contribution in [0.15, 0.2) is 66.9 Å². The maximum atomic E-state index is 10.9. The molecule has 0 amide bonds. The fraction of sp³-hybridized carbons (Fsp3) is 0.238. The van der Waals surface area contributed by atoms with Gasteiger partial charge in [0.15, 0.2) is 0 Å². The molecule has 0 atom stereocenters. The molecule has 148 valence electrons. The molecular formula is C21H22N6O2. The van der Waals surface area contributed by atoms with Crippen LogP contribution in [0.5, 0.6) is 0 Å². The van der Waals surface area contributed by atoms with Crippen molar-refractivity contribution in [2.24, 2.45) is 0 Å². The Bertz CT molecular complexity index is 935. The average Bonchev–Trinajstić information content (AvgIpc) is 2.76. The van der Waals surface area contributed by atoms with E-state index in [4.69, 9.17) is 5.73 Å². The van der Waals surface area contributed by atoms with E-state index in [9.17, 15) is 10.1 Å². The van der Waals surface area contributed by atoms with Gasteiger partial charge >= 0.3 is 5.69 Å². The monoisotopic (exact) mass is 390 g/mol. The molecule has 0 aliphatic carbocycles. The van der Waals surface area contributed by atoms with Crippen molar-refractivity contribution < 1.29 is 4.92 Å². The lowest BCUT2D eigenvalue weighted by Gasteiger charge is -2.39. The van der Waals surface area contributed by atoms with E-state index in [2.05, 4.69) is 63.4 Å². The van der Waals surface area contributed by atoms with Crippen molar-refractivity contribution in [2.45, 2.75) is 6.04 Å². The fourth-order valence-corrected chi connectivity index (χ4v) is 3.74. The minimum atomic E-state index is -0.568. The zero-order valence-electron chi connectivity index (χ0n) is 15.9. The van der Waals surface area contributed by atoms with Crippen LogP contribution < -0.4 is 10.6 Å². The third kappa shape index (κ3) is 4.02. The lowest BCUT2D eigenvalue weighted by atomic mass is 9.96. The largest absolute Gasteiger partial charge is 0.378 e. The van der Waals surface area contributed by atoms with Crippen molar-refractivity contribution >= 4 is 17.5 Å². The number of nitro groups is 1. The summed E-state index contributed by atoms with van der Waals surface area (Å²) in [6.07, 6.45) is 1.18. The molecule has 2 heterocycles. The number of piperazine rings is 1. The Morgan fingerprint density at radius 2 is 1.48 bits per heavy atom. The molecule has 1 aliphatic rings. The molecule has 0 spiro atoms. The minimum Gasteiger partial charge on any atom is -0.378 e. The Morgan fingerprint density at radius 1 is 0.931 bits per heavy atom. The number of anilines is 2. The van der Waals surface area contributed by atoms with E-state index >= 15 is 0 Å². The highest BCUT2D eigenvalue weighted by molar-refractivity contribution is 5.54. The van der Waals surface area contributed by atoms with Crippen LogP contribution in [0.25, 0.3) is 0 Å². The van der Waals surface area contributed by atoms with Crippen molar-refractivity contribution in [2.75, 3.05) is 36.8 Å². The molecule has 1 aromatic heterocycles. The van der Waals surface area contributed by atoms with E-state index in [0.717, 1.165) is 13.1 Å². The SMILES string of the molecule is Nc1nc(N2CCN(C(c3ccccc3)c3ccccc3)CC2)ncc1[N+](=O)[O-]. The van der Waals surface area contributed by atoms with Crippen LogP contribution in [0, 0.1) is 10.1 Å². The summed E-state index contributed by atoms with van der Waals surface area (Å²) in [5.41, 5.74) is 7.97. The second-order valence-corrected chi connectivity index (χ2v) is 6.94. The van der Waals surface area contributed by atoms with Gasteiger partial charge in [0.05, 0.1) is 11.0 Å². The molecule has 1 aliphatic heterocycles. The first-order valence-electron chi connectivity index (χ1n) is 9.49. The molecule has 0 bridgehead atoms. The van der Waals surface area contributed by atoms with Gasteiger partial charge in [0, 0.05) is 26.2 Å². The number of hydrogen-bond donors (Lipinski definition) is 1. The third-order valence-electron chi connectivity index (χ3n) is 5.17. The number of aromatic nitrogens is 2. The van der Waals surface area contributed by atoms with Gasteiger partial charge in [-0.3, -0.25) is 15.0 Å². The molecule has 2 aromatic carbocycles. The van der Waals surface area contributed by atoms with Crippen molar-refractivity contribution in [1.82, 2.24) is 14.9 Å². The molecule has 0 radical (unpaired) electrons. The number of nitrogens with zero attached hydrogens (tertiary/aromatic N) is 5. The second kappa shape index (κ2) is 8.24. The first kappa shape index (κ1) is 18.8. The van der Waals surface area contributed by atoms with Crippen LogP contribution in [0.1, 0.15) is 17.2 Å². The Labute approximate surface area is 168 Å². The number of rotatable bonds is 5. The summed E-state index contributed by atoms with van der Waals surface area (Å²) in [6, 6.07) is 21.1. The fourth-order valence-electron chi connectivity index (χ4n) is 3.74. The van der Waals surface area contributed by atoms with E-state index in [0.29, 0.717) is 19.0 Å². The van der Waals surface area contributed by atoms with Crippen LogP contribution in [0.4, 0.5) is 17.5 Å². The quantitative estimate of drug-likeness (QED) is 0.528. The molecule has 29 heavy (non-hydrogen) atoms. The predicted octanol–water partition coefficient (Wildman–Crippen LogP) is 2.88. The molecule has 8 heteroatoms. The van der Waals surface area contributed by atoms with Gasteiger partial charge in [-0.05, 0) is 11.1 Å². The van der Waals surface area contributed by atoms with Gasteiger partial charge in [-0.1, -0.05) is 60.7 Å². The topological polar surface area (TPSA) is 101 Å². The van der Waals surface area contributed by atoms with Gasteiger partial charge in [-0.2, -0.15) is 4.98 Å². The maximum absolute atomic E-state index is 10.9. The molecule has 8 nitrogen and oxygen atoms in total. The highest BCUT2D eigenvalue weighted by Crippen LogP contribution is 2.30. The normalized spacial score (nSPS) is 14.9. The van der Waals surface area contributed by atoms with Gasteiger partial charge in [0.25, 0.3) is 0 Å². The molecule has 1 saturated heterocycles. The van der Waals surface area contributed by atoms with Gasteiger partial charge < -0.3 is 10.6 Å². The van der Waals surface area contributed by atoms with E-state index < -0.39 is 4.92 Å². The Hall–Kier alpha value is -3.52. The summed E-state index contributed by atoms with van der Waals surface area (Å²) < 4.78 is 0. The zero-order chi connectivity index (χ0) is 20.2. The van der Waals surface area contributed by atoms with E-state index in [-0.39, 0.29) is 17.5 Å². The first-order chi connectivity index (χ1) is 14.1. The predicted molar refractivity (Wildman–Crippen MR) is 112 cm³/mol. The van der Waals surface area contributed by atoms with E-state index in [1.807, 2.05) is 17.0 Å². The average molecular weight is 390 g/mol. The van der Waals surface area contributed by atoms with Crippen LogP contribution >= 0.6 is 0 Å². The summed E-state index contributed by atoms with van der Waals surface area (Å²) in [6.45, 7) is 3.06. The Balaban J connectivity index is 1.53. The number of nitrogens with two attached hydrogens (primary N) is 1. The third-order valence-corrected chi connectivity index (χ3v) is 5.17. The van der Waals surface area contributed by atoms with Crippen molar-refractivity contribution in [3.63, 3.8) is 0 Å². The molecule has 2 N–H and O–H groups in total. The lowest BCUT2D eigenvalue weighted by Crippen LogP contribution is -2.48. The van der Waals surface area contributed by atoms with Gasteiger partial charge in [-0.15, -0.1) is 0 Å². The number of hydrogen-bond acceptors (Lipinski definition) is 7. The van der Waals surface area contributed by atoms with Gasteiger partial charge in [-0.25, -0.2) is 4.98 Å². The van der Waals surface area contributed by atoms with Crippen LogP contribution in [0.3, 0.4) is 0 Å². The molecule has 0 saturated carbocycles. The highest BCUT2D eigenvalue weighted by Gasteiger charge is 2.28. The minimum absolute atomic E-state index is 0.103. The highest BCUT2D eigenvalue weighted by atomic mass is 16.6. The first-order valence-corrected chi connectivity index (χ1v) is 9.49. The standard InChI is InChI=1S/C21H22N6O2/c22-20-18(27(28)29)15-23-21(24-20)26-13-11-25(12-14-26)19(16-7-3-1-4-8-16)17-9-5-2-6-10-17/h1-10,15,19H,11-14H2,(H2,22,23,24). The molecule has 3 aromatic rings. The van der Waals surface area contributed by atoms with Crippen molar-refractivity contribution in [3.8, 4) is 0 Å². The Kier molecular flexibility index (Phi) is 5.35. The van der Waals surface area contributed by atoms with Crippen molar-refractivity contribution in [3.05, 3.63) is 88.1 Å². The number of nitrogen functional groups attached to an aromatic ring is 1. The molecule has 1 fully saturated rings. The summed E-state index contributed by atoms with van der Waals surface area (Å²) in [5.74, 6) is 0.331. The van der Waals surface area contributed by atoms with Gasteiger partial charge in [0.2, 0.25) is 11.8 Å². The van der Waals surface area contributed by atoms with E-state index in [1.165, 1.54) is 17.3 Å². The molecular weight excluding hydrogens is 368 g/mol. The smallest absolute Gasteiger partial charge is 0.329 e. The second-order valence-electron chi connectivity index (χ2n) is 6.94. The van der Waals surface area contributed by atoms with Crippen LogP contribution in [0.2, 0.25) is 0 Å². The van der Waals surface area contributed by atoms with E-state index in [1.54, 1.807) is 0 Å². The summed E-state index contributed by atoms with van der Waals surface area (Å²) >= 11 is 0. The van der Waals surface area contributed by atoms with Crippen molar-refractivity contribution in [1.29, 1.82) is 0 Å². The number of benzene rings is 2. The lowest BCUT2D eigenvalue weighted by molar-refractivity contribution is -0.384. The molecule has 4 rings (SSSR count). The summed E-state index contributed by atoms with van der Waals surface area (Å²) in [7, 11) is 0. The zero-order valence-corrected chi connectivity index (χ0v) is 15.9. The summed E-state index contributed by atoms with van der Waals surface area (Å²) in [5, 5.41) is 10.9. The molecule has 0 unspecified atom stereocenters. The van der Waals surface area contributed by atoms with Crippen LogP contribution in [-0.4, -0.2) is 46.0 Å². The summed E-state index contributed by atoms with van der Waals surface area (Å²) in [4.78, 5) is 23.1. The van der Waals surface area contributed by atoms with Crippen LogP contribution in [-0.2, 0) is 0 Å². The Morgan fingerprint density at radius 3 is 1.97 bits per heavy atom. The van der Waals surface area contributed by atoms with Gasteiger partial charge in [0.1, 0.15) is 6.20 Å².